The van der Waals surface area contributed by atoms with Gasteiger partial charge in [-0.15, -0.1) is 0 Å². The van der Waals surface area contributed by atoms with Crippen molar-refractivity contribution in [2.45, 2.75) is 6.92 Å². The van der Waals surface area contributed by atoms with Crippen LogP contribution in [0.2, 0.25) is 0 Å². The molecule has 0 saturated heterocycles. The lowest BCUT2D eigenvalue weighted by Gasteiger charge is -1.74. The largest absolute Gasteiger partial charge is 0.345 e. The molecule has 3 heteroatoms. The molecule has 0 atom stereocenters. The summed E-state index contributed by atoms with van der Waals surface area (Å²) in [5, 5.41) is 4.16. The molecule has 9 heavy (non-hydrogen) atoms. The molecule has 0 aromatic carbocycles. The first kappa shape index (κ1) is 4.61. The number of H-pyrrole nitrogens is 1. The zero-order valence-corrected chi connectivity index (χ0v) is 5.13. The van der Waals surface area contributed by atoms with Gasteiger partial charge in [0, 0.05) is 18.5 Å². The fourth-order valence-electron chi connectivity index (χ4n) is 0.931. The highest BCUT2D eigenvalue weighted by Crippen LogP contribution is 2.00. The van der Waals surface area contributed by atoms with E-state index in [9.17, 15) is 0 Å². The van der Waals surface area contributed by atoms with E-state index in [-0.39, 0.29) is 0 Å². The number of fused-ring (bicyclic) bond motifs is 1. The van der Waals surface area contributed by atoms with Gasteiger partial charge in [0.15, 0.2) is 0 Å². The van der Waals surface area contributed by atoms with Crippen molar-refractivity contribution in [1.29, 1.82) is 0 Å². The van der Waals surface area contributed by atoms with E-state index >= 15 is 0 Å². The molecule has 0 aliphatic heterocycles. The van der Waals surface area contributed by atoms with Crippen molar-refractivity contribution in [3.8, 4) is 0 Å². The van der Waals surface area contributed by atoms with Gasteiger partial charge in [-0.25, -0.2) is 4.52 Å². The highest BCUT2D eigenvalue weighted by atomic mass is 15.3. The first-order valence-corrected chi connectivity index (χ1v) is 2.85. The minimum atomic E-state index is 1.04. The van der Waals surface area contributed by atoms with Gasteiger partial charge in [-0.05, 0) is 6.92 Å². The number of nitrogens with one attached hydrogen (secondary N) is 1. The molecule has 2 rings (SSSR count). The lowest BCUT2D eigenvalue weighted by atomic mass is 10.5. The number of rotatable bonds is 0. The zero-order chi connectivity index (χ0) is 6.27. The molecule has 2 heterocycles. The van der Waals surface area contributed by atoms with Gasteiger partial charge in [-0.3, -0.25) is 0 Å². The van der Waals surface area contributed by atoms with Crippen molar-refractivity contribution in [1.82, 2.24) is 14.6 Å². The van der Waals surface area contributed by atoms with Crippen LogP contribution in [0.4, 0.5) is 0 Å². The second-order valence-electron chi connectivity index (χ2n) is 2.08. The van der Waals surface area contributed by atoms with Gasteiger partial charge in [-0.2, -0.15) is 5.10 Å². The molecule has 2 aromatic heterocycles. The quantitative estimate of drug-likeness (QED) is 0.553. The molecule has 0 bridgehead atoms. The van der Waals surface area contributed by atoms with Crippen molar-refractivity contribution in [3.05, 3.63) is 24.2 Å². The monoisotopic (exact) mass is 121 g/mol. The third-order valence-electron chi connectivity index (χ3n) is 1.30. The Morgan fingerprint density at radius 2 is 2.56 bits per heavy atom. The van der Waals surface area contributed by atoms with Gasteiger partial charge in [0.2, 0.25) is 0 Å². The zero-order valence-electron chi connectivity index (χ0n) is 5.13. The summed E-state index contributed by atoms with van der Waals surface area (Å²) < 4.78 is 1.81. The summed E-state index contributed by atoms with van der Waals surface area (Å²) in [5.41, 5.74) is 2.09. The summed E-state index contributed by atoms with van der Waals surface area (Å²) in [7, 11) is 0. The Kier molecular flexibility index (Phi) is 0.704. The Hall–Kier alpha value is -1.25. The van der Waals surface area contributed by atoms with Crippen LogP contribution in [0.5, 0.6) is 0 Å². The molecule has 0 saturated carbocycles. The Morgan fingerprint density at radius 1 is 1.67 bits per heavy atom. The molecule has 0 spiro atoms. The second-order valence-corrected chi connectivity index (χ2v) is 2.08. The minimum Gasteiger partial charge on any atom is -0.345 e. The van der Waals surface area contributed by atoms with Crippen LogP contribution < -0.4 is 0 Å². The van der Waals surface area contributed by atoms with Crippen molar-refractivity contribution in [2.24, 2.45) is 0 Å². The Morgan fingerprint density at radius 3 is 3.33 bits per heavy atom. The fraction of sp³-hybridized carbons (Fsp3) is 0.167. The molecule has 2 aromatic rings. The Labute approximate surface area is 52.3 Å². The summed E-state index contributed by atoms with van der Waals surface area (Å²) in [5.74, 6) is 0. The molecule has 0 fully saturated rings. The number of aromatic nitrogens is 3. The summed E-state index contributed by atoms with van der Waals surface area (Å²) in [6.45, 7) is 1.97. The van der Waals surface area contributed by atoms with Crippen LogP contribution >= 0.6 is 0 Å². The molecule has 3 nitrogen and oxygen atoms in total. The van der Waals surface area contributed by atoms with Gasteiger partial charge >= 0.3 is 0 Å². The lowest BCUT2D eigenvalue weighted by Crippen LogP contribution is -1.78. The van der Waals surface area contributed by atoms with Gasteiger partial charge in [0.1, 0.15) is 5.65 Å². The maximum atomic E-state index is 4.16. The summed E-state index contributed by atoms with van der Waals surface area (Å²) >= 11 is 0. The molecular weight excluding hydrogens is 114 g/mol. The van der Waals surface area contributed by atoms with Crippen molar-refractivity contribution < 1.29 is 0 Å². The number of hydrogen-bond donors (Lipinski definition) is 1. The van der Waals surface area contributed by atoms with Crippen LogP contribution in [0, 0.1) is 6.92 Å². The maximum Gasteiger partial charge on any atom is 0.133 e. The van der Waals surface area contributed by atoms with E-state index in [2.05, 4.69) is 10.1 Å². The molecule has 0 aliphatic rings. The van der Waals surface area contributed by atoms with E-state index in [0.717, 1.165) is 11.3 Å². The van der Waals surface area contributed by atoms with Gasteiger partial charge in [0.25, 0.3) is 0 Å². The molecular formula is C6H7N3. The average Bonchev–Trinajstić information content (AvgIpc) is 2.22. The average molecular weight is 121 g/mol. The third kappa shape index (κ3) is 0.543. The van der Waals surface area contributed by atoms with E-state index in [1.165, 1.54) is 0 Å². The fourth-order valence-corrected chi connectivity index (χ4v) is 0.931. The topological polar surface area (TPSA) is 33.1 Å². The number of aromatic amines is 1. The Bertz CT molecular complexity index is 289. The minimum absolute atomic E-state index is 1.04. The molecule has 0 aliphatic carbocycles. The van der Waals surface area contributed by atoms with Gasteiger partial charge in [-0.1, -0.05) is 0 Å². The molecule has 0 radical (unpaired) electrons. The maximum absolute atomic E-state index is 4.16. The van der Waals surface area contributed by atoms with E-state index in [1.54, 1.807) is 0 Å². The normalized spacial score (nSPS) is 10.8. The SMILES string of the molecule is Cc1cc2[nH]ccn2n1. The highest BCUT2D eigenvalue weighted by Gasteiger charge is 1.93. The highest BCUT2D eigenvalue weighted by molar-refractivity contribution is 5.38. The van der Waals surface area contributed by atoms with E-state index < -0.39 is 0 Å². The molecule has 1 N–H and O–H groups in total. The van der Waals surface area contributed by atoms with E-state index in [1.807, 2.05) is 29.9 Å². The number of nitrogens with zero attached hydrogens (tertiary/aromatic N) is 2. The summed E-state index contributed by atoms with van der Waals surface area (Å²) in [6.07, 6.45) is 3.75. The first-order chi connectivity index (χ1) is 4.36. The van der Waals surface area contributed by atoms with Gasteiger partial charge in [0.05, 0.1) is 5.69 Å². The smallest absolute Gasteiger partial charge is 0.133 e. The molecule has 0 unspecified atom stereocenters. The molecule has 46 valence electrons. The number of aryl methyl sites for hydroxylation is 1. The Balaban J connectivity index is 2.92. The van der Waals surface area contributed by atoms with E-state index in [0.29, 0.717) is 0 Å². The van der Waals surface area contributed by atoms with Crippen LogP contribution in [-0.4, -0.2) is 14.6 Å². The number of imidazole rings is 1. The van der Waals surface area contributed by atoms with Crippen molar-refractivity contribution in [3.63, 3.8) is 0 Å². The van der Waals surface area contributed by atoms with Crippen molar-refractivity contribution >= 4 is 5.65 Å². The lowest BCUT2D eigenvalue weighted by molar-refractivity contribution is 0.944. The summed E-state index contributed by atoms with van der Waals surface area (Å²) in [6, 6.07) is 2.00. The molecule has 0 amide bonds. The third-order valence-corrected chi connectivity index (χ3v) is 1.30. The predicted octanol–water partition coefficient (Wildman–Crippen LogP) is 0.971. The van der Waals surface area contributed by atoms with Crippen LogP contribution in [0.1, 0.15) is 5.69 Å². The second kappa shape index (κ2) is 1.37. The summed E-state index contributed by atoms with van der Waals surface area (Å²) in [4.78, 5) is 3.04. The number of hydrogen-bond acceptors (Lipinski definition) is 1. The van der Waals surface area contributed by atoms with Crippen LogP contribution in [0.3, 0.4) is 0 Å². The van der Waals surface area contributed by atoms with E-state index in [4.69, 9.17) is 0 Å². The van der Waals surface area contributed by atoms with Crippen LogP contribution in [-0.2, 0) is 0 Å². The van der Waals surface area contributed by atoms with Crippen LogP contribution in [0.15, 0.2) is 18.5 Å². The van der Waals surface area contributed by atoms with Gasteiger partial charge < -0.3 is 4.98 Å². The van der Waals surface area contributed by atoms with Crippen molar-refractivity contribution in [2.75, 3.05) is 0 Å². The van der Waals surface area contributed by atoms with Crippen LogP contribution in [0.25, 0.3) is 5.65 Å². The first-order valence-electron chi connectivity index (χ1n) is 2.85. The standard InChI is InChI=1S/C6H7N3/c1-5-4-6-7-2-3-9(6)8-5/h2-4,7H,1H3. The predicted molar refractivity (Wildman–Crippen MR) is 34.3 cm³/mol.